The van der Waals surface area contributed by atoms with Crippen LogP contribution in [-0.2, 0) is 6.54 Å². The number of hydrogen-bond acceptors (Lipinski definition) is 4. The van der Waals surface area contributed by atoms with Crippen LogP contribution in [0.15, 0.2) is 18.2 Å². The van der Waals surface area contributed by atoms with Crippen LogP contribution >= 0.6 is 0 Å². The summed E-state index contributed by atoms with van der Waals surface area (Å²) in [5.41, 5.74) is 1.17. The number of ether oxygens (including phenoxy) is 2. The average Bonchev–Trinajstić information content (AvgIpc) is 2.92. The predicted molar refractivity (Wildman–Crippen MR) is 71.0 cm³/mol. The lowest BCUT2D eigenvalue weighted by molar-refractivity contribution is 0.171. The molecule has 0 aromatic heterocycles. The van der Waals surface area contributed by atoms with Crippen molar-refractivity contribution in [1.82, 2.24) is 5.32 Å². The topological polar surface area (TPSA) is 54.3 Å². The lowest BCUT2D eigenvalue weighted by Gasteiger charge is -2.20. The van der Waals surface area contributed by atoms with Gasteiger partial charge in [0.05, 0.1) is 12.0 Å². The van der Waals surface area contributed by atoms with Gasteiger partial charge in [-0.05, 0) is 30.5 Å². The summed E-state index contributed by atoms with van der Waals surface area (Å²) in [6.07, 6.45) is 3.27. The second-order valence-electron chi connectivity index (χ2n) is 5.13. The molecule has 1 fully saturated rings. The molecular weight excluding hydrogens is 240 g/mol. The van der Waals surface area contributed by atoms with Crippen molar-refractivity contribution in [2.24, 2.45) is 5.92 Å². The summed E-state index contributed by atoms with van der Waals surface area (Å²) in [7, 11) is 0. The van der Waals surface area contributed by atoms with Crippen molar-refractivity contribution in [3.8, 4) is 17.6 Å². The highest BCUT2D eigenvalue weighted by Crippen LogP contribution is 2.31. The van der Waals surface area contributed by atoms with Crippen LogP contribution in [0, 0.1) is 17.2 Å². The molecule has 1 aromatic rings. The molecule has 1 N–H and O–H groups in total. The minimum atomic E-state index is 0.164. The van der Waals surface area contributed by atoms with Gasteiger partial charge in [-0.25, -0.2) is 0 Å². The highest BCUT2D eigenvalue weighted by atomic mass is 16.6. The minimum absolute atomic E-state index is 0.164. The van der Waals surface area contributed by atoms with Crippen LogP contribution in [0.2, 0.25) is 0 Å². The standard InChI is InChI=1S/C15H18N2O2/c16-9-12-2-1-3-13(12)17-10-11-4-5-14-15(8-11)19-7-6-18-14/h4-5,8,12-13,17H,1-3,6-7,10H2. The van der Waals surface area contributed by atoms with E-state index in [1.807, 2.05) is 12.1 Å². The Hall–Kier alpha value is -1.73. The summed E-state index contributed by atoms with van der Waals surface area (Å²) in [5, 5.41) is 12.6. The first kappa shape index (κ1) is 12.3. The van der Waals surface area contributed by atoms with Crippen LogP contribution in [-0.4, -0.2) is 19.3 Å². The first-order valence-electron chi connectivity index (χ1n) is 6.88. The molecule has 3 rings (SSSR count). The van der Waals surface area contributed by atoms with Gasteiger partial charge in [0.2, 0.25) is 0 Å². The molecule has 1 aliphatic carbocycles. The van der Waals surface area contributed by atoms with Gasteiger partial charge in [-0.15, -0.1) is 0 Å². The van der Waals surface area contributed by atoms with Gasteiger partial charge in [-0.3, -0.25) is 0 Å². The molecule has 100 valence electrons. The highest BCUT2D eigenvalue weighted by molar-refractivity contribution is 5.43. The van der Waals surface area contributed by atoms with E-state index in [1.54, 1.807) is 0 Å². The predicted octanol–water partition coefficient (Wildman–Crippen LogP) is 2.24. The number of fused-ring (bicyclic) bond motifs is 1. The molecule has 1 saturated carbocycles. The normalized spacial score (nSPS) is 25.0. The van der Waals surface area contributed by atoms with E-state index in [4.69, 9.17) is 14.7 Å². The third kappa shape index (κ3) is 2.66. The third-order valence-electron chi connectivity index (χ3n) is 3.86. The summed E-state index contributed by atoms with van der Waals surface area (Å²) >= 11 is 0. The van der Waals surface area contributed by atoms with E-state index >= 15 is 0 Å². The smallest absolute Gasteiger partial charge is 0.161 e. The van der Waals surface area contributed by atoms with Crippen molar-refractivity contribution >= 4 is 0 Å². The lowest BCUT2D eigenvalue weighted by atomic mass is 10.1. The zero-order valence-electron chi connectivity index (χ0n) is 10.9. The van der Waals surface area contributed by atoms with E-state index in [0.717, 1.165) is 37.3 Å². The van der Waals surface area contributed by atoms with Crippen LogP contribution in [0.1, 0.15) is 24.8 Å². The first-order chi connectivity index (χ1) is 9.36. The SMILES string of the molecule is N#CC1CCCC1NCc1ccc2c(c1)OCCO2. The Kier molecular flexibility index (Phi) is 3.56. The van der Waals surface area contributed by atoms with E-state index in [9.17, 15) is 0 Å². The first-order valence-corrected chi connectivity index (χ1v) is 6.88. The Morgan fingerprint density at radius 1 is 1.21 bits per heavy atom. The number of nitriles is 1. The van der Waals surface area contributed by atoms with Crippen molar-refractivity contribution in [3.63, 3.8) is 0 Å². The Bertz CT molecular complexity index is 495. The molecular formula is C15H18N2O2. The van der Waals surface area contributed by atoms with Gasteiger partial charge in [0.15, 0.2) is 11.5 Å². The van der Waals surface area contributed by atoms with Gasteiger partial charge in [-0.2, -0.15) is 5.26 Å². The molecule has 4 nitrogen and oxygen atoms in total. The highest BCUT2D eigenvalue weighted by Gasteiger charge is 2.26. The fourth-order valence-electron chi connectivity index (χ4n) is 2.81. The number of rotatable bonds is 3. The van der Waals surface area contributed by atoms with Crippen LogP contribution in [0.25, 0.3) is 0 Å². The molecule has 2 unspecified atom stereocenters. The second-order valence-corrected chi connectivity index (χ2v) is 5.13. The van der Waals surface area contributed by atoms with Crippen LogP contribution < -0.4 is 14.8 Å². The molecule has 1 heterocycles. The quantitative estimate of drug-likeness (QED) is 0.903. The maximum Gasteiger partial charge on any atom is 0.161 e. The van der Waals surface area contributed by atoms with Gasteiger partial charge in [-0.1, -0.05) is 12.5 Å². The summed E-state index contributed by atoms with van der Waals surface area (Å²) in [6, 6.07) is 8.76. The van der Waals surface area contributed by atoms with Crippen molar-refractivity contribution in [3.05, 3.63) is 23.8 Å². The van der Waals surface area contributed by atoms with Crippen LogP contribution in [0.5, 0.6) is 11.5 Å². The lowest BCUT2D eigenvalue weighted by Crippen LogP contribution is -2.31. The molecule has 2 aliphatic rings. The van der Waals surface area contributed by atoms with E-state index < -0.39 is 0 Å². The maximum atomic E-state index is 9.07. The summed E-state index contributed by atoms with van der Waals surface area (Å²) in [6.45, 7) is 2.01. The van der Waals surface area contributed by atoms with E-state index in [0.29, 0.717) is 19.3 Å². The molecule has 1 aliphatic heterocycles. The summed E-state index contributed by atoms with van der Waals surface area (Å²) < 4.78 is 11.1. The van der Waals surface area contributed by atoms with Crippen molar-refractivity contribution in [2.75, 3.05) is 13.2 Å². The molecule has 4 heteroatoms. The van der Waals surface area contributed by atoms with E-state index in [2.05, 4.69) is 17.5 Å². The Labute approximate surface area is 113 Å². The van der Waals surface area contributed by atoms with Crippen LogP contribution in [0.3, 0.4) is 0 Å². The molecule has 19 heavy (non-hydrogen) atoms. The van der Waals surface area contributed by atoms with Gasteiger partial charge < -0.3 is 14.8 Å². The number of nitrogens with zero attached hydrogens (tertiary/aromatic N) is 1. The van der Waals surface area contributed by atoms with Gasteiger partial charge >= 0.3 is 0 Å². The molecule has 0 amide bonds. The molecule has 0 spiro atoms. The van der Waals surface area contributed by atoms with Crippen molar-refractivity contribution in [2.45, 2.75) is 31.8 Å². The summed E-state index contributed by atoms with van der Waals surface area (Å²) in [4.78, 5) is 0. The molecule has 0 bridgehead atoms. The van der Waals surface area contributed by atoms with E-state index in [-0.39, 0.29) is 5.92 Å². The largest absolute Gasteiger partial charge is 0.486 e. The fraction of sp³-hybridized carbons (Fsp3) is 0.533. The zero-order chi connectivity index (χ0) is 13.1. The van der Waals surface area contributed by atoms with E-state index in [1.165, 1.54) is 5.56 Å². The minimum Gasteiger partial charge on any atom is -0.486 e. The Balaban J connectivity index is 1.62. The Morgan fingerprint density at radius 2 is 2.05 bits per heavy atom. The Morgan fingerprint density at radius 3 is 2.89 bits per heavy atom. The second kappa shape index (κ2) is 5.50. The van der Waals surface area contributed by atoms with Gasteiger partial charge in [0, 0.05) is 12.6 Å². The number of benzene rings is 1. The van der Waals surface area contributed by atoms with Crippen LogP contribution in [0.4, 0.5) is 0 Å². The summed E-state index contributed by atoms with van der Waals surface area (Å²) in [5.74, 6) is 1.82. The average molecular weight is 258 g/mol. The fourth-order valence-corrected chi connectivity index (χ4v) is 2.81. The maximum absolute atomic E-state index is 9.07. The molecule has 1 aromatic carbocycles. The monoisotopic (exact) mass is 258 g/mol. The molecule has 0 saturated heterocycles. The molecule has 0 radical (unpaired) electrons. The van der Waals surface area contributed by atoms with Crippen molar-refractivity contribution in [1.29, 1.82) is 5.26 Å². The molecule has 2 atom stereocenters. The van der Waals surface area contributed by atoms with Gasteiger partial charge in [0.1, 0.15) is 13.2 Å². The van der Waals surface area contributed by atoms with Gasteiger partial charge in [0.25, 0.3) is 0 Å². The van der Waals surface area contributed by atoms with Crippen molar-refractivity contribution < 1.29 is 9.47 Å². The number of hydrogen-bond donors (Lipinski definition) is 1. The number of nitrogens with one attached hydrogen (secondary N) is 1. The zero-order valence-corrected chi connectivity index (χ0v) is 10.9. The third-order valence-corrected chi connectivity index (χ3v) is 3.86.